The van der Waals surface area contributed by atoms with Crippen LogP contribution in [0.15, 0.2) is 28.7 Å². The van der Waals surface area contributed by atoms with Gasteiger partial charge < -0.3 is 9.15 Å². The van der Waals surface area contributed by atoms with E-state index in [0.29, 0.717) is 12.2 Å². The molecule has 5 nitrogen and oxygen atoms in total. The van der Waals surface area contributed by atoms with Crippen molar-refractivity contribution in [1.29, 1.82) is 0 Å². The Morgan fingerprint density at radius 3 is 2.87 bits per heavy atom. The first-order chi connectivity index (χ1) is 7.24. The fraction of sp³-hybridized carbons (Fsp3) is 0.200. The molecule has 5 heteroatoms. The highest BCUT2D eigenvalue weighted by Gasteiger charge is 2.28. The number of nitro benzene ring substituents is 1. The summed E-state index contributed by atoms with van der Waals surface area (Å²) in [6.07, 6.45) is 0.0384. The van der Waals surface area contributed by atoms with Crippen molar-refractivity contribution >= 4 is 16.7 Å². The van der Waals surface area contributed by atoms with Crippen LogP contribution in [0.3, 0.4) is 0 Å². The Morgan fingerprint density at radius 1 is 1.40 bits per heavy atom. The Morgan fingerprint density at radius 2 is 2.20 bits per heavy atom. The summed E-state index contributed by atoms with van der Waals surface area (Å²) >= 11 is 0. The number of hydrogen-bond acceptors (Lipinski definition) is 4. The van der Waals surface area contributed by atoms with Crippen LogP contribution in [0.5, 0.6) is 0 Å². The molecule has 0 spiro atoms. The number of non-ortho nitro benzene ring substituents is 1. The van der Waals surface area contributed by atoms with Crippen molar-refractivity contribution in [1.82, 2.24) is 0 Å². The molecular weight excluding hydrogens is 198 g/mol. The van der Waals surface area contributed by atoms with E-state index in [1.165, 1.54) is 12.1 Å². The third-order valence-corrected chi connectivity index (χ3v) is 2.38. The third-order valence-electron chi connectivity index (χ3n) is 2.38. The van der Waals surface area contributed by atoms with Crippen LogP contribution in [0, 0.1) is 10.1 Å². The summed E-state index contributed by atoms with van der Waals surface area (Å²) in [5.41, 5.74) is 0.734. The zero-order chi connectivity index (χ0) is 10.4. The molecular formula is C10H7NO4. The van der Waals surface area contributed by atoms with Gasteiger partial charge in [0, 0.05) is 17.5 Å². The van der Waals surface area contributed by atoms with Crippen LogP contribution in [0.2, 0.25) is 0 Å². The quantitative estimate of drug-likeness (QED) is 0.429. The smallest absolute Gasteiger partial charge is 0.270 e. The Hall–Kier alpha value is -1.88. The first-order valence-electron chi connectivity index (χ1n) is 4.53. The van der Waals surface area contributed by atoms with E-state index in [-0.39, 0.29) is 11.8 Å². The first kappa shape index (κ1) is 8.43. The van der Waals surface area contributed by atoms with Gasteiger partial charge in [-0.25, -0.2) is 0 Å². The van der Waals surface area contributed by atoms with Crippen LogP contribution >= 0.6 is 0 Å². The van der Waals surface area contributed by atoms with Crippen molar-refractivity contribution in [2.45, 2.75) is 6.10 Å². The van der Waals surface area contributed by atoms with Gasteiger partial charge in [0.2, 0.25) is 0 Å². The summed E-state index contributed by atoms with van der Waals surface area (Å²) in [6, 6.07) is 6.34. The SMILES string of the molecule is O=[N+]([O-])c1ccc2oc(C3CO3)cc2c1. The predicted octanol–water partition coefficient (Wildman–Crippen LogP) is 2.41. The van der Waals surface area contributed by atoms with E-state index in [9.17, 15) is 10.1 Å². The minimum absolute atomic E-state index is 0.0384. The number of benzene rings is 1. The van der Waals surface area contributed by atoms with E-state index in [2.05, 4.69) is 0 Å². The normalized spacial score (nSPS) is 19.3. The molecule has 0 bridgehead atoms. The molecule has 0 amide bonds. The third kappa shape index (κ3) is 1.37. The molecule has 1 aromatic carbocycles. The molecule has 1 atom stereocenters. The predicted molar refractivity (Wildman–Crippen MR) is 51.6 cm³/mol. The Labute approximate surface area is 84.4 Å². The standard InChI is InChI=1S/C10H7NO4/c12-11(13)7-1-2-8-6(3-7)4-9(15-8)10-5-14-10/h1-4,10H,5H2. The molecule has 1 saturated heterocycles. The lowest BCUT2D eigenvalue weighted by Crippen LogP contribution is -1.85. The lowest BCUT2D eigenvalue weighted by atomic mass is 10.2. The first-order valence-corrected chi connectivity index (χ1v) is 4.53. The molecule has 2 aromatic rings. The monoisotopic (exact) mass is 205 g/mol. The average molecular weight is 205 g/mol. The Balaban J connectivity index is 2.13. The summed E-state index contributed by atoms with van der Waals surface area (Å²) in [5.74, 6) is 0.741. The zero-order valence-electron chi connectivity index (χ0n) is 7.67. The van der Waals surface area contributed by atoms with Crippen LogP contribution < -0.4 is 0 Å². The molecule has 0 radical (unpaired) electrons. The van der Waals surface area contributed by atoms with Gasteiger partial charge in [0.25, 0.3) is 5.69 Å². The lowest BCUT2D eigenvalue weighted by Gasteiger charge is -1.89. The summed E-state index contributed by atoms with van der Waals surface area (Å²) < 4.78 is 10.6. The Bertz CT molecular complexity index is 541. The largest absolute Gasteiger partial charge is 0.458 e. The summed E-state index contributed by atoms with van der Waals surface area (Å²) in [6.45, 7) is 0.669. The highest BCUT2D eigenvalue weighted by Crippen LogP contribution is 2.34. The minimum atomic E-state index is -0.417. The summed E-state index contributed by atoms with van der Waals surface area (Å²) in [4.78, 5) is 10.1. The second-order valence-corrected chi connectivity index (χ2v) is 3.45. The molecule has 1 unspecified atom stereocenters. The van der Waals surface area contributed by atoms with Gasteiger partial charge in [0.15, 0.2) is 0 Å². The molecule has 3 rings (SSSR count). The lowest BCUT2D eigenvalue weighted by molar-refractivity contribution is -0.384. The average Bonchev–Trinajstić information content (AvgIpc) is 2.97. The van der Waals surface area contributed by atoms with E-state index in [4.69, 9.17) is 9.15 Å². The van der Waals surface area contributed by atoms with Crippen LogP contribution in [-0.2, 0) is 4.74 Å². The second kappa shape index (κ2) is 2.80. The van der Waals surface area contributed by atoms with Gasteiger partial charge >= 0.3 is 0 Å². The number of nitro groups is 1. The molecule has 76 valence electrons. The Kier molecular flexibility index (Phi) is 1.58. The molecule has 1 aliphatic heterocycles. The number of fused-ring (bicyclic) bond motifs is 1. The fourth-order valence-electron chi connectivity index (χ4n) is 1.54. The van der Waals surface area contributed by atoms with E-state index < -0.39 is 4.92 Å². The van der Waals surface area contributed by atoms with Gasteiger partial charge in [-0.05, 0) is 12.1 Å². The van der Waals surface area contributed by atoms with Crippen molar-refractivity contribution in [2.75, 3.05) is 6.61 Å². The van der Waals surface area contributed by atoms with Gasteiger partial charge in [0.1, 0.15) is 17.4 Å². The van der Waals surface area contributed by atoms with Crippen molar-refractivity contribution in [3.8, 4) is 0 Å². The van der Waals surface area contributed by atoms with Crippen LogP contribution in [0.25, 0.3) is 11.0 Å². The number of nitrogens with zero attached hydrogens (tertiary/aromatic N) is 1. The number of ether oxygens (including phenoxy) is 1. The van der Waals surface area contributed by atoms with Crippen LogP contribution in [-0.4, -0.2) is 11.5 Å². The second-order valence-electron chi connectivity index (χ2n) is 3.45. The number of epoxide rings is 1. The molecule has 15 heavy (non-hydrogen) atoms. The summed E-state index contributed by atoms with van der Waals surface area (Å²) in [7, 11) is 0. The maximum atomic E-state index is 10.5. The van der Waals surface area contributed by atoms with Crippen molar-refractivity contribution in [2.24, 2.45) is 0 Å². The van der Waals surface area contributed by atoms with Crippen LogP contribution in [0.4, 0.5) is 5.69 Å². The van der Waals surface area contributed by atoms with Gasteiger partial charge in [0.05, 0.1) is 11.5 Å². The number of furan rings is 1. The maximum absolute atomic E-state index is 10.5. The molecule has 0 N–H and O–H groups in total. The number of rotatable bonds is 2. The highest BCUT2D eigenvalue weighted by molar-refractivity contribution is 5.80. The van der Waals surface area contributed by atoms with Crippen molar-refractivity contribution < 1.29 is 14.1 Å². The van der Waals surface area contributed by atoms with Crippen molar-refractivity contribution in [3.05, 3.63) is 40.1 Å². The fourth-order valence-corrected chi connectivity index (χ4v) is 1.54. The molecule has 0 saturated carbocycles. The highest BCUT2D eigenvalue weighted by atomic mass is 16.6. The molecule has 2 heterocycles. The topological polar surface area (TPSA) is 68.8 Å². The van der Waals surface area contributed by atoms with Gasteiger partial charge in [-0.2, -0.15) is 0 Å². The molecule has 1 fully saturated rings. The van der Waals surface area contributed by atoms with Crippen LogP contribution in [0.1, 0.15) is 11.9 Å². The van der Waals surface area contributed by atoms with E-state index in [0.717, 1.165) is 11.1 Å². The van der Waals surface area contributed by atoms with Gasteiger partial charge in [-0.15, -0.1) is 0 Å². The zero-order valence-corrected chi connectivity index (χ0v) is 7.67. The summed E-state index contributed by atoms with van der Waals surface area (Å²) in [5, 5.41) is 11.3. The maximum Gasteiger partial charge on any atom is 0.270 e. The van der Waals surface area contributed by atoms with Crippen molar-refractivity contribution in [3.63, 3.8) is 0 Å². The van der Waals surface area contributed by atoms with Gasteiger partial charge in [-0.3, -0.25) is 10.1 Å². The minimum Gasteiger partial charge on any atom is -0.458 e. The van der Waals surface area contributed by atoms with E-state index in [1.807, 2.05) is 0 Å². The van der Waals surface area contributed by atoms with E-state index >= 15 is 0 Å². The van der Waals surface area contributed by atoms with E-state index in [1.54, 1.807) is 12.1 Å². The number of hydrogen-bond donors (Lipinski definition) is 0. The van der Waals surface area contributed by atoms with Gasteiger partial charge in [-0.1, -0.05) is 0 Å². The molecule has 1 aliphatic rings. The molecule has 1 aromatic heterocycles. The molecule has 0 aliphatic carbocycles.